The third kappa shape index (κ3) is 7.39. The molecule has 0 bridgehead atoms. The number of allylic oxidation sites excluding steroid dienone is 4. The first kappa shape index (κ1) is 21.4. The third-order valence-corrected chi connectivity index (χ3v) is 4.60. The zero-order valence-electron chi connectivity index (χ0n) is 17.0. The number of fused-ring (bicyclic) bond motifs is 1. The molecule has 1 heterocycles. The van der Waals surface area contributed by atoms with Gasteiger partial charge in [0.1, 0.15) is 0 Å². The van der Waals surface area contributed by atoms with Gasteiger partial charge >= 0.3 is 0 Å². The summed E-state index contributed by atoms with van der Waals surface area (Å²) in [7, 11) is 0. The quantitative estimate of drug-likeness (QED) is 0.244. The fraction of sp³-hybridized carbons (Fsp3) is 0.333. The molecule has 28 heavy (non-hydrogen) atoms. The Morgan fingerprint density at radius 2 is 2.00 bits per heavy atom. The fourth-order valence-corrected chi connectivity index (χ4v) is 3.06. The van der Waals surface area contributed by atoms with E-state index >= 15 is 0 Å². The minimum Gasteiger partial charge on any atom is -0.353 e. The number of amides is 1. The van der Waals surface area contributed by atoms with Crippen molar-refractivity contribution in [3.8, 4) is 0 Å². The molecule has 0 saturated heterocycles. The third-order valence-electron chi connectivity index (χ3n) is 4.60. The Hall–Kier alpha value is -2.88. The van der Waals surface area contributed by atoms with Crippen LogP contribution >= 0.6 is 0 Å². The van der Waals surface area contributed by atoms with Gasteiger partial charge in [0.2, 0.25) is 5.91 Å². The van der Waals surface area contributed by atoms with Gasteiger partial charge in [-0.15, -0.1) is 0 Å². The molecule has 0 atom stereocenters. The van der Waals surface area contributed by atoms with Crippen LogP contribution in [0, 0.1) is 6.92 Å². The van der Waals surface area contributed by atoms with Crippen molar-refractivity contribution in [1.29, 1.82) is 0 Å². The first-order valence-electron chi connectivity index (χ1n) is 9.91. The van der Waals surface area contributed by atoms with Crippen LogP contribution in [0.25, 0.3) is 10.9 Å². The molecule has 0 aliphatic rings. The van der Waals surface area contributed by atoms with E-state index in [-0.39, 0.29) is 5.91 Å². The van der Waals surface area contributed by atoms with Gasteiger partial charge in [-0.1, -0.05) is 42.2 Å². The van der Waals surface area contributed by atoms with E-state index < -0.39 is 0 Å². The number of hydrogen-bond donors (Lipinski definition) is 1. The predicted octanol–water partition coefficient (Wildman–Crippen LogP) is 5.34. The van der Waals surface area contributed by atoms with Crippen LogP contribution < -0.4 is 5.32 Å². The van der Waals surface area contributed by atoms with Crippen LogP contribution in [0.4, 0.5) is 0 Å². The molecule has 4 heteroatoms. The van der Waals surface area contributed by atoms with Crippen LogP contribution in [0.2, 0.25) is 0 Å². The number of nitrogens with zero attached hydrogens (tertiary/aromatic N) is 2. The van der Waals surface area contributed by atoms with E-state index in [1.54, 1.807) is 24.4 Å². The number of carbonyl (C=O) groups is 1. The summed E-state index contributed by atoms with van der Waals surface area (Å²) in [5.41, 5.74) is 3.60. The summed E-state index contributed by atoms with van der Waals surface area (Å²) >= 11 is 0. The molecule has 0 fully saturated rings. The van der Waals surface area contributed by atoms with Crippen molar-refractivity contribution in [2.45, 2.75) is 46.1 Å². The molecule has 0 saturated carbocycles. The molecular weight excluding hydrogens is 346 g/mol. The summed E-state index contributed by atoms with van der Waals surface area (Å²) in [5, 5.41) is 4.25. The highest BCUT2D eigenvalue weighted by molar-refractivity contribution is 5.87. The molecule has 1 amide bonds. The highest BCUT2D eigenvalue weighted by Crippen LogP contribution is 2.18. The number of nitrogens with one attached hydrogen (secondary N) is 1. The summed E-state index contributed by atoms with van der Waals surface area (Å²) in [6, 6.07) is 8.80. The second kappa shape index (κ2) is 11.8. The minimum atomic E-state index is -0.0484. The number of unbranched alkanes of at least 4 members (excludes halogenated alkanes) is 3. The standard InChI is InChI=1S/C24H31N3O/c1-20(9-8-15-25-3)11-13-24(28)26-16-6-4-5-7-17-27-18-14-22-19-21(2)10-12-23(22)27/h8-15,18-19H,3-7,16-17H2,1-2H3,(H,26,28)/b13-11+,15-8-,20-9+. The SMILES string of the molecule is C=N\C=C/C=C(C)/C=C/C(=O)NCCCCCCn1ccc2cc(C)ccc21. The van der Waals surface area contributed by atoms with E-state index in [9.17, 15) is 4.79 Å². The number of aliphatic imine (C=N–C) groups is 1. The van der Waals surface area contributed by atoms with Gasteiger partial charge in [0, 0.05) is 37.1 Å². The van der Waals surface area contributed by atoms with Gasteiger partial charge < -0.3 is 9.88 Å². The average molecular weight is 378 g/mol. The molecule has 0 radical (unpaired) electrons. The van der Waals surface area contributed by atoms with E-state index in [1.165, 1.54) is 22.9 Å². The Labute approximate surface area is 168 Å². The van der Waals surface area contributed by atoms with Gasteiger partial charge in [0.05, 0.1) is 0 Å². The molecule has 1 aromatic carbocycles. The number of hydrogen-bond acceptors (Lipinski definition) is 2. The van der Waals surface area contributed by atoms with Crippen LogP contribution in [-0.4, -0.2) is 23.7 Å². The van der Waals surface area contributed by atoms with E-state index in [4.69, 9.17) is 0 Å². The maximum Gasteiger partial charge on any atom is 0.243 e. The lowest BCUT2D eigenvalue weighted by molar-refractivity contribution is -0.116. The Balaban J connectivity index is 1.59. The summed E-state index contributed by atoms with van der Waals surface area (Å²) in [6.45, 7) is 9.20. The van der Waals surface area contributed by atoms with Crippen molar-refractivity contribution in [2.75, 3.05) is 6.54 Å². The molecule has 2 rings (SSSR count). The molecule has 0 aliphatic carbocycles. The normalized spacial score (nSPS) is 12.3. The largest absolute Gasteiger partial charge is 0.353 e. The molecule has 0 spiro atoms. The first-order chi connectivity index (χ1) is 13.6. The smallest absolute Gasteiger partial charge is 0.243 e. The van der Waals surface area contributed by atoms with Gasteiger partial charge in [-0.2, -0.15) is 0 Å². The topological polar surface area (TPSA) is 46.4 Å². The van der Waals surface area contributed by atoms with Gasteiger partial charge in [0.25, 0.3) is 0 Å². The van der Waals surface area contributed by atoms with Crippen LogP contribution in [0.5, 0.6) is 0 Å². The molecule has 0 unspecified atom stereocenters. The van der Waals surface area contributed by atoms with Crippen molar-refractivity contribution in [3.63, 3.8) is 0 Å². The van der Waals surface area contributed by atoms with Crippen LogP contribution in [-0.2, 0) is 11.3 Å². The van der Waals surface area contributed by atoms with Gasteiger partial charge in [-0.25, -0.2) is 0 Å². The molecule has 1 N–H and O–H groups in total. The Bertz CT molecular complexity index is 871. The molecule has 2 aromatic rings. The minimum absolute atomic E-state index is 0.0484. The Morgan fingerprint density at radius 3 is 2.82 bits per heavy atom. The van der Waals surface area contributed by atoms with Gasteiger partial charge in [0.15, 0.2) is 0 Å². The first-order valence-corrected chi connectivity index (χ1v) is 9.91. The highest BCUT2D eigenvalue weighted by Gasteiger charge is 2.01. The molecule has 148 valence electrons. The van der Waals surface area contributed by atoms with Gasteiger partial charge in [-0.05, 0) is 63.1 Å². The van der Waals surface area contributed by atoms with Crippen molar-refractivity contribution in [2.24, 2.45) is 4.99 Å². The Morgan fingerprint density at radius 1 is 1.18 bits per heavy atom. The van der Waals surface area contributed by atoms with E-state index in [0.717, 1.165) is 37.9 Å². The van der Waals surface area contributed by atoms with Crippen molar-refractivity contribution in [1.82, 2.24) is 9.88 Å². The second-order valence-electron chi connectivity index (χ2n) is 7.04. The van der Waals surface area contributed by atoms with Crippen molar-refractivity contribution >= 4 is 23.5 Å². The lowest BCUT2D eigenvalue weighted by atomic mass is 10.1. The zero-order chi connectivity index (χ0) is 20.2. The lowest BCUT2D eigenvalue weighted by Gasteiger charge is -2.06. The predicted molar refractivity (Wildman–Crippen MR) is 120 cm³/mol. The average Bonchev–Trinajstić information content (AvgIpc) is 3.07. The number of carbonyl (C=O) groups excluding carboxylic acids is 1. The number of benzene rings is 1. The maximum atomic E-state index is 11.8. The number of rotatable bonds is 11. The Kier molecular flexibility index (Phi) is 8.99. The molecular formula is C24H31N3O. The molecule has 4 nitrogen and oxygen atoms in total. The monoisotopic (exact) mass is 377 g/mol. The van der Waals surface area contributed by atoms with Gasteiger partial charge in [-0.3, -0.25) is 9.79 Å². The number of aryl methyl sites for hydroxylation is 2. The van der Waals surface area contributed by atoms with Crippen molar-refractivity contribution in [3.05, 3.63) is 72.1 Å². The van der Waals surface area contributed by atoms with E-state index in [0.29, 0.717) is 0 Å². The second-order valence-corrected chi connectivity index (χ2v) is 7.04. The summed E-state index contributed by atoms with van der Waals surface area (Å²) < 4.78 is 2.33. The molecule has 1 aromatic heterocycles. The highest BCUT2D eigenvalue weighted by atomic mass is 16.1. The van der Waals surface area contributed by atoms with Crippen LogP contribution in [0.3, 0.4) is 0 Å². The summed E-state index contributed by atoms with van der Waals surface area (Å²) in [4.78, 5) is 15.4. The molecule has 0 aliphatic heterocycles. The zero-order valence-corrected chi connectivity index (χ0v) is 17.0. The lowest BCUT2D eigenvalue weighted by Crippen LogP contribution is -2.22. The number of aromatic nitrogens is 1. The van der Waals surface area contributed by atoms with E-state index in [1.807, 2.05) is 13.0 Å². The van der Waals surface area contributed by atoms with Crippen LogP contribution in [0.1, 0.15) is 38.2 Å². The van der Waals surface area contributed by atoms with Crippen LogP contribution in [0.15, 0.2) is 71.5 Å². The van der Waals surface area contributed by atoms with E-state index in [2.05, 4.69) is 59.0 Å². The fourth-order valence-electron chi connectivity index (χ4n) is 3.06. The summed E-state index contributed by atoms with van der Waals surface area (Å²) in [6.07, 6.45) is 15.3. The summed E-state index contributed by atoms with van der Waals surface area (Å²) in [5.74, 6) is -0.0484. The van der Waals surface area contributed by atoms with Crippen molar-refractivity contribution < 1.29 is 4.79 Å². The maximum absolute atomic E-state index is 11.8.